The predicted molar refractivity (Wildman–Crippen MR) is 71.4 cm³/mol. The fraction of sp³-hybridized carbons (Fsp3) is 0.143. The third kappa shape index (κ3) is 2.97. The van der Waals surface area contributed by atoms with Gasteiger partial charge >= 0.3 is 0 Å². The first-order chi connectivity index (χ1) is 9.61. The molecule has 1 aromatic heterocycles. The zero-order valence-corrected chi connectivity index (χ0v) is 11.1. The Balaban J connectivity index is 1.98. The molecule has 1 aromatic carbocycles. The first kappa shape index (κ1) is 13.7. The summed E-state index contributed by atoms with van der Waals surface area (Å²) in [5.74, 6) is 0.179. The van der Waals surface area contributed by atoms with Crippen LogP contribution in [0, 0.1) is 6.92 Å². The number of benzene rings is 1. The maximum absolute atomic E-state index is 11.9. The van der Waals surface area contributed by atoms with Gasteiger partial charge in [0.05, 0.1) is 18.9 Å². The van der Waals surface area contributed by atoms with Gasteiger partial charge in [-0.25, -0.2) is 0 Å². The summed E-state index contributed by atoms with van der Waals surface area (Å²) in [6.07, 6.45) is 1.41. The lowest BCUT2D eigenvalue weighted by Crippen LogP contribution is -2.41. The molecule has 6 heteroatoms. The maximum atomic E-state index is 11.9. The molecule has 0 bridgehead atoms. The molecule has 2 aromatic rings. The first-order valence-electron chi connectivity index (χ1n) is 5.90. The number of ether oxygens (including phenoxy) is 1. The number of carbonyl (C=O) groups is 2. The van der Waals surface area contributed by atoms with Gasteiger partial charge < -0.3 is 9.15 Å². The van der Waals surface area contributed by atoms with Crippen molar-refractivity contribution in [3.05, 3.63) is 53.5 Å². The number of rotatable bonds is 3. The summed E-state index contributed by atoms with van der Waals surface area (Å²) in [6.45, 7) is 1.67. The molecule has 2 N–H and O–H groups in total. The van der Waals surface area contributed by atoms with Crippen LogP contribution in [-0.4, -0.2) is 18.9 Å². The molecule has 0 atom stereocenters. The Morgan fingerprint density at radius 1 is 1.15 bits per heavy atom. The van der Waals surface area contributed by atoms with E-state index in [1.165, 1.54) is 19.4 Å². The number of methoxy groups -OCH3 is 1. The summed E-state index contributed by atoms with van der Waals surface area (Å²) in [5.41, 5.74) is 5.41. The van der Waals surface area contributed by atoms with E-state index in [2.05, 4.69) is 10.9 Å². The van der Waals surface area contributed by atoms with Crippen molar-refractivity contribution in [1.29, 1.82) is 0 Å². The predicted octanol–water partition coefficient (Wildman–Crippen LogP) is 1.67. The van der Waals surface area contributed by atoms with Crippen LogP contribution in [0.5, 0.6) is 5.75 Å². The van der Waals surface area contributed by atoms with Crippen LogP contribution in [0.1, 0.15) is 26.5 Å². The van der Waals surface area contributed by atoms with Gasteiger partial charge in [-0.05, 0) is 31.2 Å². The van der Waals surface area contributed by atoms with E-state index < -0.39 is 11.8 Å². The van der Waals surface area contributed by atoms with Crippen LogP contribution < -0.4 is 15.6 Å². The van der Waals surface area contributed by atoms with Gasteiger partial charge in [0.1, 0.15) is 11.5 Å². The Morgan fingerprint density at radius 2 is 1.90 bits per heavy atom. The Morgan fingerprint density at radius 3 is 2.55 bits per heavy atom. The monoisotopic (exact) mass is 274 g/mol. The highest BCUT2D eigenvalue weighted by atomic mass is 16.5. The van der Waals surface area contributed by atoms with E-state index in [0.29, 0.717) is 22.6 Å². The van der Waals surface area contributed by atoms with Gasteiger partial charge in [0.2, 0.25) is 0 Å². The first-order valence-corrected chi connectivity index (χ1v) is 5.90. The lowest BCUT2D eigenvalue weighted by atomic mass is 10.2. The quantitative estimate of drug-likeness (QED) is 0.834. The molecular formula is C14H14N2O4. The zero-order valence-electron chi connectivity index (χ0n) is 11.1. The summed E-state index contributed by atoms with van der Waals surface area (Å²) < 4.78 is 10.0. The van der Waals surface area contributed by atoms with Crippen LogP contribution in [0.2, 0.25) is 0 Å². The Labute approximate surface area is 115 Å². The molecule has 2 amide bonds. The van der Waals surface area contributed by atoms with Crippen LogP contribution in [0.25, 0.3) is 0 Å². The summed E-state index contributed by atoms with van der Waals surface area (Å²) in [7, 11) is 1.51. The average molecular weight is 274 g/mol. The van der Waals surface area contributed by atoms with Gasteiger partial charge in [-0.2, -0.15) is 0 Å². The molecule has 0 aliphatic rings. The molecule has 0 saturated carbocycles. The molecule has 0 spiro atoms. The van der Waals surface area contributed by atoms with Crippen molar-refractivity contribution in [1.82, 2.24) is 10.9 Å². The van der Waals surface area contributed by atoms with Crippen molar-refractivity contribution in [3.8, 4) is 5.75 Å². The van der Waals surface area contributed by atoms with Crippen LogP contribution in [-0.2, 0) is 0 Å². The number of amides is 2. The summed E-state index contributed by atoms with van der Waals surface area (Å²) in [4.78, 5) is 23.6. The third-order valence-electron chi connectivity index (χ3n) is 2.72. The highest BCUT2D eigenvalue weighted by molar-refractivity contribution is 5.99. The second-order valence-electron chi connectivity index (χ2n) is 4.03. The molecule has 0 aliphatic heterocycles. The van der Waals surface area contributed by atoms with E-state index in [0.717, 1.165) is 0 Å². The van der Waals surface area contributed by atoms with E-state index in [9.17, 15) is 9.59 Å². The van der Waals surface area contributed by atoms with E-state index in [4.69, 9.17) is 9.15 Å². The number of aryl methyl sites for hydroxylation is 1. The molecule has 0 aliphatic carbocycles. The summed E-state index contributed by atoms with van der Waals surface area (Å²) in [5, 5.41) is 0. The number of hydrogen-bond acceptors (Lipinski definition) is 4. The van der Waals surface area contributed by atoms with Crippen LogP contribution in [0.3, 0.4) is 0 Å². The van der Waals surface area contributed by atoms with Gasteiger partial charge in [0, 0.05) is 5.56 Å². The standard InChI is InChI=1S/C14H14N2O4/c1-9-12(6-7-20-9)14(18)16-15-13(17)10-4-3-5-11(8-10)19-2/h3-8H,1-2H3,(H,15,17)(H,16,18). The lowest BCUT2D eigenvalue weighted by molar-refractivity contribution is 0.0845. The molecule has 1 heterocycles. The van der Waals surface area contributed by atoms with Crippen LogP contribution in [0.4, 0.5) is 0 Å². The van der Waals surface area contributed by atoms with Crippen molar-refractivity contribution in [2.24, 2.45) is 0 Å². The molecule has 104 valence electrons. The minimum Gasteiger partial charge on any atom is -0.497 e. The molecule has 6 nitrogen and oxygen atoms in total. The molecule has 0 saturated heterocycles. The Kier molecular flexibility index (Phi) is 4.05. The van der Waals surface area contributed by atoms with E-state index >= 15 is 0 Å². The summed E-state index contributed by atoms with van der Waals surface area (Å²) in [6, 6.07) is 8.14. The van der Waals surface area contributed by atoms with Gasteiger partial charge in [-0.1, -0.05) is 6.07 Å². The van der Waals surface area contributed by atoms with E-state index in [-0.39, 0.29) is 0 Å². The second kappa shape index (κ2) is 5.92. The third-order valence-corrected chi connectivity index (χ3v) is 2.72. The highest BCUT2D eigenvalue weighted by Gasteiger charge is 2.13. The largest absolute Gasteiger partial charge is 0.497 e. The van der Waals surface area contributed by atoms with Gasteiger partial charge in [-0.15, -0.1) is 0 Å². The van der Waals surface area contributed by atoms with Crippen molar-refractivity contribution < 1.29 is 18.7 Å². The molecule has 0 radical (unpaired) electrons. The Hall–Kier alpha value is -2.76. The van der Waals surface area contributed by atoms with Gasteiger partial charge in [-0.3, -0.25) is 20.4 Å². The SMILES string of the molecule is COc1cccc(C(=O)NNC(=O)c2ccoc2C)c1. The fourth-order valence-corrected chi connectivity index (χ4v) is 1.64. The average Bonchev–Trinajstić information content (AvgIpc) is 2.90. The number of hydrogen-bond donors (Lipinski definition) is 2. The van der Waals surface area contributed by atoms with Gasteiger partial charge in [0.15, 0.2) is 0 Å². The molecule has 0 fully saturated rings. The van der Waals surface area contributed by atoms with E-state index in [1.54, 1.807) is 31.2 Å². The molecule has 0 unspecified atom stereocenters. The van der Waals surface area contributed by atoms with Crippen molar-refractivity contribution in [3.63, 3.8) is 0 Å². The number of carbonyl (C=O) groups excluding carboxylic acids is 2. The second-order valence-corrected chi connectivity index (χ2v) is 4.03. The normalized spacial score (nSPS) is 9.90. The smallest absolute Gasteiger partial charge is 0.273 e. The van der Waals surface area contributed by atoms with E-state index in [1.807, 2.05) is 0 Å². The number of nitrogens with one attached hydrogen (secondary N) is 2. The van der Waals surface area contributed by atoms with Crippen LogP contribution >= 0.6 is 0 Å². The number of hydrazine groups is 1. The minimum absolute atomic E-state index is 0.371. The zero-order chi connectivity index (χ0) is 14.5. The van der Waals surface area contributed by atoms with Crippen molar-refractivity contribution in [2.75, 3.05) is 7.11 Å². The molecular weight excluding hydrogens is 260 g/mol. The topological polar surface area (TPSA) is 80.6 Å². The van der Waals surface area contributed by atoms with Gasteiger partial charge in [0.25, 0.3) is 11.8 Å². The summed E-state index contributed by atoms with van der Waals surface area (Å²) >= 11 is 0. The minimum atomic E-state index is -0.438. The lowest BCUT2D eigenvalue weighted by Gasteiger charge is -2.07. The Bertz CT molecular complexity index is 634. The maximum Gasteiger partial charge on any atom is 0.273 e. The number of furan rings is 1. The highest BCUT2D eigenvalue weighted by Crippen LogP contribution is 2.12. The van der Waals surface area contributed by atoms with Crippen LogP contribution in [0.15, 0.2) is 41.0 Å². The molecule has 2 rings (SSSR count). The molecule has 20 heavy (non-hydrogen) atoms. The van der Waals surface area contributed by atoms with Crippen molar-refractivity contribution >= 4 is 11.8 Å². The van der Waals surface area contributed by atoms with Crippen molar-refractivity contribution in [2.45, 2.75) is 6.92 Å². The fourth-order valence-electron chi connectivity index (χ4n) is 1.64.